The van der Waals surface area contributed by atoms with E-state index in [9.17, 15) is 10.0 Å². The highest BCUT2D eigenvalue weighted by molar-refractivity contribution is 5.67. The second-order valence-corrected chi connectivity index (χ2v) is 7.91. The van der Waals surface area contributed by atoms with Crippen molar-refractivity contribution >= 4 is 6.09 Å². The van der Waals surface area contributed by atoms with Gasteiger partial charge >= 0.3 is 6.09 Å². The van der Waals surface area contributed by atoms with Crippen LogP contribution < -0.4 is 5.32 Å². The highest BCUT2D eigenvalue weighted by Crippen LogP contribution is 2.22. The Hall–Kier alpha value is -0.850. The van der Waals surface area contributed by atoms with E-state index in [0.29, 0.717) is 6.04 Å². The van der Waals surface area contributed by atoms with E-state index in [2.05, 4.69) is 5.32 Å². The first-order valence-electron chi connectivity index (χ1n) is 9.29. The number of hydroxylamine groups is 2. The lowest BCUT2D eigenvalue weighted by molar-refractivity contribution is -0.126. The van der Waals surface area contributed by atoms with E-state index in [-0.39, 0.29) is 12.1 Å². The topological polar surface area (TPSA) is 82.0 Å². The van der Waals surface area contributed by atoms with Crippen LogP contribution in [0.4, 0.5) is 4.79 Å². The Morgan fingerprint density at radius 3 is 2.04 bits per heavy atom. The molecule has 0 aromatic carbocycles. The summed E-state index contributed by atoms with van der Waals surface area (Å²) in [4.78, 5) is 11.5. The van der Waals surface area contributed by atoms with Crippen LogP contribution in [0.5, 0.6) is 0 Å². The average molecular weight is 344 g/mol. The highest BCUT2D eigenvalue weighted by atomic mass is 16.6. The molecule has 0 aromatic heterocycles. The van der Waals surface area contributed by atoms with Crippen LogP contribution in [0.1, 0.15) is 78.6 Å². The van der Waals surface area contributed by atoms with Gasteiger partial charge in [0.1, 0.15) is 5.60 Å². The summed E-state index contributed by atoms with van der Waals surface area (Å²) in [5.74, 6) is 0. The number of hydrogen-bond donors (Lipinski definition) is 3. The van der Waals surface area contributed by atoms with Gasteiger partial charge in [-0.25, -0.2) is 4.79 Å². The minimum Gasteiger partial charge on any atom is -0.442 e. The quantitative estimate of drug-likeness (QED) is 0.528. The lowest BCUT2D eigenvalue weighted by atomic mass is 9.93. The van der Waals surface area contributed by atoms with Gasteiger partial charge in [-0.2, -0.15) is 5.06 Å². The maximum atomic E-state index is 11.5. The molecule has 2 aliphatic rings. The Kier molecular flexibility index (Phi) is 9.02. The van der Waals surface area contributed by atoms with Crippen molar-refractivity contribution < 1.29 is 19.8 Å². The molecule has 6 nitrogen and oxygen atoms in total. The van der Waals surface area contributed by atoms with E-state index in [1.807, 2.05) is 7.05 Å². The molecule has 0 atom stereocenters. The molecule has 0 heterocycles. The van der Waals surface area contributed by atoms with Gasteiger partial charge in [-0.05, 0) is 66.3 Å². The summed E-state index contributed by atoms with van der Waals surface area (Å²) in [6.45, 7) is 5.37. The zero-order valence-electron chi connectivity index (χ0n) is 15.8. The number of carbonyl (C=O) groups is 1. The standard InChI is InChI=1S/C11H21NO3.C7H15NO/c1-11(2,3)15-10(13)12(14)9-7-5-4-6-8-9;1-8-6-2-4-7(9)5-3-6/h9,14H,4-8H2,1-3H3;6-9H,2-5H2,1H3/t;6-,7-. The fourth-order valence-electron chi connectivity index (χ4n) is 3.15. The van der Waals surface area contributed by atoms with E-state index in [0.717, 1.165) is 56.4 Å². The number of amides is 1. The van der Waals surface area contributed by atoms with Crippen molar-refractivity contribution in [2.45, 2.75) is 102 Å². The maximum Gasteiger partial charge on any atom is 0.434 e. The van der Waals surface area contributed by atoms with Gasteiger partial charge < -0.3 is 15.2 Å². The minimum absolute atomic E-state index is 0.0189. The van der Waals surface area contributed by atoms with Crippen molar-refractivity contribution in [2.24, 2.45) is 0 Å². The van der Waals surface area contributed by atoms with Crippen LogP contribution in [0.3, 0.4) is 0 Å². The molecule has 3 N–H and O–H groups in total. The predicted octanol–water partition coefficient (Wildman–Crippen LogP) is 3.45. The van der Waals surface area contributed by atoms with Gasteiger partial charge in [-0.1, -0.05) is 19.3 Å². The summed E-state index contributed by atoms with van der Waals surface area (Å²) in [5, 5.41) is 22.7. The van der Waals surface area contributed by atoms with Crippen LogP contribution in [0, 0.1) is 0 Å². The molecule has 2 aliphatic carbocycles. The van der Waals surface area contributed by atoms with Gasteiger partial charge in [0, 0.05) is 6.04 Å². The van der Waals surface area contributed by atoms with Crippen molar-refractivity contribution in [1.29, 1.82) is 0 Å². The molecule has 1 amide bonds. The number of hydrogen-bond acceptors (Lipinski definition) is 5. The van der Waals surface area contributed by atoms with Crippen molar-refractivity contribution in [3.63, 3.8) is 0 Å². The molecule has 0 aromatic rings. The molecular formula is C18H36N2O4. The monoisotopic (exact) mass is 344 g/mol. The van der Waals surface area contributed by atoms with Crippen LogP contribution in [0.25, 0.3) is 0 Å². The first-order chi connectivity index (χ1) is 11.2. The number of rotatable bonds is 2. The first-order valence-corrected chi connectivity index (χ1v) is 9.29. The van der Waals surface area contributed by atoms with E-state index in [1.54, 1.807) is 20.8 Å². The molecular weight excluding hydrogens is 308 g/mol. The summed E-state index contributed by atoms with van der Waals surface area (Å²) < 4.78 is 5.09. The molecule has 0 radical (unpaired) electrons. The fraction of sp³-hybridized carbons (Fsp3) is 0.944. The van der Waals surface area contributed by atoms with E-state index in [4.69, 9.17) is 9.84 Å². The van der Waals surface area contributed by atoms with Crippen molar-refractivity contribution in [2.75, 3.05) is 7.05 Å². The summed E-state index contributed by atoms with van der Waals surface area (Å²) in [6.07, 6.45) is 8.66. The van der Waals surface area contributed by atoms with Crippen molar-refractivity contribution in [3.05, 3.63) is 0 Å². The Morgan fingerprint density at radius 2 is 1.58 bits per heavy atom. The largest absolute Gasteiger partial charge is 0.442 e. The molecule has 2 saturated carbocycles. The van der Waals surface area contributed by atoms with E-state index < -0.39 is 11.7 Å². The summed E-state index contributed by atoms with van der Waals surface area (Å²) >= 11 is 0. The number of nitrogens with one attached hydrogen (secondary N) is 1. The van der Waals surface area contributed by atoms with Crippen LogP contribution in [-0.2, 0) is 4.74 Å². The average Bonchev–Trinajstić information content (AvgIpc) is 2.55. The SMILES string of the molecule is CC(C)(C)OC(=O)N(O)C1CCCCC1.CN[C@H]1CC[C@H](O)CC1. The molecule has 0 bridgehead atoms. The van der Waals surface area contributed by atoms with Gasteiger partial charge in [0.2, 0.25) is 0 Å². The van der Waals surface area contributed by atoms with Gasteiger partial charge in [0.15, 0.2) is 0 Å². The number of ether oxygens (including phenoxy) is 1. The number of aliphatic hydroxyl groups is 1. The molecule has 24 heavy (non-hydrogen) atoms. The molecule has 2 fully saturated rings. The number of aliphatic hydroxyl groups excluding tert-OH is 1. The summed E-state index contributed by atoms with van der Waals surface area (Å²) in [6, 6.07) is 0.599. The molecule has 0 saturated heterocycles. The summed E-state index contributed by atoms with van der Waals surface area (Å²) in [5.41, 5.74) is -0.549. The summed E-state index contributed by atoms with van der Waals surface area (Å²) in [7, 11) is 1.99. The predicted molar refractivity (Wildman–Crippen MR) is 94.1 cm³/mol. The van der Waals surface area contributed by atoms with Crippen LogP contribution in [-0.4, -0.2) is 52.3 Å². The second kappa shape index (κ2) is 10.2. The normalized spacial score (nSPS) is 25.4. The third-order valence-electron chi connectivity index (χ3n) is 4.61. The number of carbonyl (C=O) groups excluding carboxylic acids is 1. The second-order valence-electron chi connectivity index (χ2n) is 7.91. The third kappa shape index (κ3) is 8.31. The van der Waals surface area contributed by atoms with Gasteiger partial charge in [-0.15, -0.1) is 0 Å². The minimum atomic E-state index is -0.630. The molecule has 0 unspecified atom stereocenters. The van der Waals surface area contributed by atoms with Crippen LogP contribution in [0.15, 0.2) is 0 Å². The Bertz CT molecular complexity index is 357. The zero-order valence-corrected chi connectivity index (χ0v) is 15.8. The molecule has 0 spiro atoms. The molecule has 0 aliphatic heterocycles. The molecule has 2 rings (SSSR count). The smallest absolute Gasteiger partial charge is 0.434 e. The lowest BCUT2D eigenvalue weighted by Gasteiger charge is -2.30. The molecule has 142 valence electrons. The van der Waals surface area contributed by atoms with Crippen molar-refractivity contribution in [3.8, 4) is 0 Å². The van der Waals surface area contributed by atoms with Crippen molar-refractivity contribution in [1.82, 2.24) is 10.4 Å². The lowest BCUT2D eigenvalue weighted by Crippen LogP contribution is -2.42. The maximum absolute atomic E-state index is 11.5. The van der Waals surface area contributed by atoms with E-state index in [1.165, 1.54) is 6.42 Å². The van der Waals surface area contributed by atoms with Gasteiger partial charge in [-0.3, -0.25) is 5.21 Å². The van der Waals surface area contributed by atoms with Crippen LogP contribution in [0.2, 0.25) is 0 Å². The Labute approximate surface area is 146 Å². The molecule has 6 heteroatoms. The van der Waals surface area contributed by atoms with Crippen LogP contribution >= 0.6 is 0 Å². The fourth-order valence-corrected chi connectivity index (χ4v) is 3.15. The third-order valence-corrected chi connectivity index (χ3v) is 4.61. The zero-order chi connectivity index (χ0) is 18.2. The number of nitrogens with zero attached hydrogens (tertiary/aromatic N) is 1. The first kappa shape index (κ1) is 21.2. The Morgan fingerprint density at radius 1 is 1.04 bits per heavy atom. The highest BCUT2D eigenvalue weighted by Gasteiger charge is 2.28. The van der Waals surface area contributed by atoms with E-state index >= 15 is 0 Å². The van der Waals surface area contributed by atoms with Gasteiger partial charge in [0.25, 0.3) is 0 Å². The Balaban J connectivity index is 0.000000272. The van der Waals surface area contributed by atoms with Gasteiger partial charge in [0.05, 0.1) is 12.1 Å².